The highest BCUT2D eigenvalue weighted by molar-refractivity contribution is 7.10. The Balaban J connectivity index is 1.97. The molecule has 2 nitrogen and oxygen atoms in total. The number of hydrogen-bond donors (Lipinski definition) is 2. The van der Waals surface area contributed by atoms with Gasteiger partial charge in [0.2, 0.25) is 0 Å². The van der Waals surface area contributed by atoms with Crippen LogP contribution < -0.4 is 5.32 Å². The van der Waals surface area contributed by atoms with Crippen LogP contribution in [0.5, 0.6) is 0 Å². The van der Waals surface area contributed by atoms with Crippen LogP contribution in [-0.2, 0) is 13.2 Å². The number of aliphatic hydroxyl groups excluding tert-OH is 1. The van der Waals surface area contributed by atoms with Gasteiger partial charge in [0.05, 0.1) is 6.61 Å². The minimum absolute atomic E-state index is 0.102. The second kappa shape index (κ2) is 5.14. The average Bonchev–Trinajstić information content (AvgIpc) is 2.73. The smallest absolute Gasteiger partial charge is 0.0681 e. The quantitative estimate of drug-likeness (QED) is 0.850. The van der Waals surface area contributed by atoms with Gasteiger partial charge in [0, 0.05) is 17.1 Å². The number of aryl methyl sites for hydroxylation is 1. The zero-order chi connectivity index (χ0) is 11.4. The summed E-state index contributed by atoms with van der Waals surface area (Å²) in [6.07, 6.45) is 0. The molecule has 3 heteroatoms. The van der Waals surface area contributed by atoms with Gasteiger partial charge in [0.1, 0.15) is 0 Å². The number of anilines is 1. The molecular formula is C13H15NOS. The maximum atomic E-state index is 8.93. The van der Waals surface area contributed by atoms with Crippen LogP contribution in [0.25, 0.3) is 0 Å². The highest BCUT2D eigenvalue weighted by Gasteiger charge is 1.99. The van der Waals surface area contributed by atoms with Crippen LogP contribution in [0.2, 0.25) is 0 Å². The normalized spacial score (nSPS) is 10.4. The second-order valence-corrected chi connectivity index (χ2v) is 4.74. The van der Waals surface area contributed by atoms with Crippen molar-refractivity contribution in [1.82, 2.24) is 0 Å². The fourth-order valence-electron chi connectivity index (χ4n) is 1.50. The molecule has 0 aliphatic rings. The van der Waals surface area contributed by atoms with E-state index in [9.17, 15) is 0 Å². The van der Waals surface area contributed by atoms with Gasteiger partial charge in [-0.1, -0.05) is 12.1 Å². The molecule has 1 aromatic carbocycles. The highest BCUT2D eigenvalue weighted by Crippen LogP contribution is 2.17. The van der Waals surface area contributed by atoms with Crippen molar-refractivity contribution in [2.45, 2.75) is 20.1 Å². The third-order valence-electron chi connectivity index (χ3n) is 2.56. The van der Waals surface area contributed by atoms with Crippen molar-refractivity contribution in [3.8, 4) is 0 Å². The van der Waals surface area contributed by atoms with Crippen molar-refractivity contribution < 1.29 is 5.11 Å². The highest BCUT2D eigenvalue weighted by atomic mass is 32.1. The van der Waals surface area contributed by atoms with Gasteiger partial charge in [-0.25, -0.2) is 0 Å². The maximum Gasteiger partial charge on any atom is 0.0681 e. The van der Waals surface area contributed by atoms with Gasteiger partial charge < -0.3 is 10.4 Å². The molecule has 0 saturated carbocycles. The lowest BCUT2D eigenvalue weighted by molar-refractivity contribution is 0.282. The van der Waals surface area contributed by atoms with Crippen LogP contribution in [0.1, 0.15) is 16.0 Å². The molecule has 0 saturated heterocycles. The van der Waals surface area contributed by atoms with Crippen molar-refractivity contribution in [3.63, 3.8) is 0 Å². The van der Waals surface area contributed by atoms with E-state index in [2.05, 4.69) is 23.7 Å². The predicted molar refractivity (Wildman–Crippen MR) is 68.7 cm³/mol. The van der Waals surface area contributed by atoms with Gasteiger partial charge in [-0.2, -0.15) is 0 Å². The molecule has 0 aliphatic heterocycles. The Bertz CT molecular complexity index is 447. The third kappa shape index (κ3) is 2.62. The summed E-state index contributed by atoms with van der Waals surface area (Å²) in [6, 6.07) is 9.99. The minimum Gasteiger partial charge on any atom is -0.392 e. The Labute approximate surface area is 99.6 Å². The fourth-order valence-corrected chi connectivity index (χ4v) is 2.34. The van der Waals surface area contributed by atoms with Crippen LogP contribution in [-0.4, -0.2) is 5.11 Å². The number of rotatable bonds is 4. The lowest BCUT2D eigenvalue weighted by atomic mass is 10.2. The van der Waals surface area contributed by atoms with E-state index < -0.39 is 0 Å². The van der Waals surface area contributed by atoms with E-state index in [0.717, 1.165) is 17.8 Å². The first-order chi connectivity index (χ1) is 7.79. The first kappa shape index (κ1) is 11.2. The number of thiophene rings is 1. The van der Waals surface area contributed by atoms with Crippen molar-refractivity contribution in [2.75, 3.05) is 5.32 Å². The van der Waals surface area contributed by atoms with Gasteiger partial charge in [-0.15, -0.1) is 11.3 Å². The molecule has 2 N–H and O–H groups in total. The zero-order valence-corrected chi connectivity index (χ0v) is 10.1. The molecule has 16 heavy (non-hydrogen) atoms. The summed E-state index contributed by atoms with van der Waals surface area (Å²) in [4.78, 5) is 1.37. The molecule has 0 fully saturated rings. The van der Waals surface area contributed by atoms with E-state index in [1.54, 1.807) is 11.3 Å². The van der Waals surface area contributed by atoms with Crippen LogP contribution >= 0.6 is 11.3 Å². The molecule has 0 atom stereocenters. The lowest BCUT2D eigenvalue weighted by Gasteiger charge is -2.06. The van der Waals surface area contributed by atoms with E-state index in [4.69, 9.17) is 5.11 Å². The topological polar surface area (TPSA) is 32.3 Å². The van der Waals surface area contributed by atoms with E-state index in [1.807, 2.05) is 24.3 Å². The Morgan fingerprint density at radius 3 is 2.50 bits per heavy atom. The largest absolute Gasteiger partial charge is 0.392 e. The molecule has 0 unspecified atom stereocenters. The second-order valence-electron chi connectivity index (χ2n) is 3.74. The van der Waals surface area contributed by atoms with Gasteiger partial charge >= 0.3 is 0 Å². The lowest BCUT2D eigenvalue weighted by Crippen LogP contribution is -1.98. The molecule has 0 aliphatic carbocycles. The molecule has 2 rings (SSSR count). The van der Waals surface area contributed by atoms with E-state index in [-0.39, 0.29) is 6.61 Å². The third-order valence-corrected chi connectivity index (χ3v) is 3.58. The minimum atomic E-state index is 0.102. The van der Waals surface area contributed by atoms with Crippen molar-refractivity contribution >= 4 is 17.0 Å². The fraction of sp³-hybridized carbons (Fsp3) is 0.231. The van der Waals surface area contributed by atoms with Crippen LogP contribution in [0.4, 0.5) is 5.69 Å². The first-order valence-corrected chi connectivity index (χ1v) is 6.14. The van der Waals surface area contributed by atoms with E-state index in [1.165, 1.54) is 10.4 Å². The van der Waals surface area contributed by atoms with Gasteiger partial charge in [0.25, 0.3) is 0 Å². The zero-order valence-electron chi connectivity index (χ0n) is 9.23. The monoisotopic (exact) mass is 233 g/mol. The van der Waals surface area contributed by atoms with Gasteiger partial charge in [-0.3, -0.25) is 0 Å². The van der Waals surface area contributed by atoms with Crippen molar-refractivity contribution in [1.29, 1.82) is 0 Å². The summed E-state index contributed by atoms with van der Waals surface area (Å²) >= 11 is 1.77. The standard InChI is InChI=1S/C13H15NOS/c1-10-6-7-16-13(10)8-14-12-4-2-11(9-15)3-5-12/h2-7,14-15H,8-9H2,1H3. The predicted octanol–water partition coefficient (Wildman–Crippen LogP) is 3.16. The molecule has 1 aromatic heterocycles. The van der Waals surface area contributed by atoms with Crippen molar-refractivity contribution in [2.24, 2.45) is 0 Å². The van der Waals surface area contributed by atoms with Crippen LogP contribution in [0.15, 0.2) is 35.7 Å². The SMILES string of the molecule is Cc1ccsc1CNc1ccc(CO)cc1. The first-order valence-electron chi connectivity index (χ1n) is 5.26. The molecule has 0 amide bonds. The molecule has 0 bridgehead atoms. The van der Waals surface area contributed by atoms with Crippen molar-refractivity contribution in [3.05, 3.63) is 51.7 Å². The molecule has 1 heterocycles. The molecule has 0 radical (unpaired) electrons. The Kier molecular flexibility index (Phi) is 3.59. The Morgan fingerprint density at radius 1 is 1.19 bits per heavy atom. The summed E-state index contributed by atoms with van der Waals surface area (Å²) in [5.41, 5.74) is 3.37. The van der Waals surface area contributed by atoms with Crippen LogP contribution in [0.3, 0.4) is 0 Å². The molecule has 84 valence electrons. The summed E-state index contributed by atoms with van der Waals surface area (Å²) in [6.45, 7) is 3.09. The van der Waals surface area contributed by atoms with Crippen LogP contribution in [0, 0.1) is 6.92 Å². The number of hydrogen-bond acceptors (Lipinski definition) is 3. The van der Waals surface area contributed by atoms with E-state index in [0.29, 0.717) is 0 Å². The molecular weight excluding hydrogens is 218 g/mol. The van der Waals surface area contributed by atoms with E-state index >= 15 is 0 Å². The number of benzene rings is 1. The Hall–Kier alpha value is -1.32. The van der Waals surface area contributed by atoms with Gasteiger partial charge in [-0.05, 0) is 41.6 Å². The summed E-state index contributed by atoms with van der Waals surface area (Å²) in [5, 5.41) is 14.4. The average molecular weight is 233 g/mol. The number of aliphatic hydroxyl groups is 1. The molecule has 0 spiro atoms. The summed E-state index contributed by atoms with van der Waals surface area (Å²) in [7, 11) is 0. The summed E-state index contributed by atoms with van der Waals surface area (Å²) < 4.78 is 0. The Morgan fingerprint density at radius 2 is 1.94 bits per heavy atom. The maximum absolute atomic E-state index is 8.93. The van der Waals surface area contributed by atoms with Gasteiger partial charge in [0.15, 0.2) is 0 Å². The summed E-state index contributed by atoms with van der Waals surface area (Å²) in [5.74, 6) is 0. The number of nitrogens with one attached hydrogen (secondary N) is 1. The molecule has 2 aromatic rings.